The van der Waals surface area contributed by atoms with Crippen LogP contribution < -0.4 is 5.73 Å². The molecule has 0 aliphatic carbocycles. The molecule has 1 fully saturated rings. The average molecular weight is 234 g/mol. The van der Waals surface area contributed by atoms with Crippen LogP contribution >= 0.6 is 0 Å². The second-order valence-corrected chi connectivity index (χ2v) is 4.28. The second-order valence-electron chi connectivity index (χ2n) is 4.28. The number of aryl methyl sites for hydroxylation is 1. The number of ether oxygens (including phenoxy) is 1. The van der Waals surface area contributed by atoms with Gasteiger partial charge in [0, 0.05) is 18.7 Å². The maximum atomic E-state index is 12.4. The molecule has 2 rings (SSSR count). The Morgan fingerprint density at radius 3 is 3.00 bits per heavy atom. The fraction of sp³-hybridized carbons (Fsp3) is 0.462. The lowest BCUT2D eigenvalue weighted by Gasteiger charge is -2.35. The summed E-state index contributed by atoms with van der Waals surface area (Å²) in [5.74, 6) is 0.0573. The molecule has 0 aromatic heterocycles. The van der Waals surface area contributed by atoms with Crippen LogP contribution in [0.15, 0.2) is 24.3 Å². The second kappa shape index (κ2) is 5.29. The molecule has 92 valence electrons. The summed E-state index contributed by atoms with van der Waals surface area (Å²) in [4.78, 5) is 14.2. The van der Waals surface area contributed by atoms with Gasteiger partial charge in [-0.05, 0) is 18.6 Å². The maximum Gasteiger partial charge on any atom is 0.254 e. The van der Waals surface area contributed by atoms with Crippen LogP contribution in [0.2, 0.25) is 0 Å². The Bertz CT molecular complexity index is 406. The first-order chi connectivity index (χ1) is 8.24. The highest BCUT2D eigenvalue weighted by Gasteiger charge is 2.27. The molecule has 1 aliphatic heterocycles. The number of rotatable bonds is 2. The van der Waals surface area contributed by atoms with E-state index in [4.69, 9.17) is 10.5 Å². The van der Waals surface area contributed by atoms with E-state index in [1.807, 2.05) is 36.1 Å². The molecule has 1 aromatic rings. The molecule has 1 saturated heterocycles. The van der Waals surface area contributed by atoms with Crippen molar-refractivity contribution in [2.24, 2.45) is 5.73 Å². The van der Waals surface area contributed by atoms with Crippen LogP contribution in [-0.2, 0) is 4.74 Å². The molecule has 4 nitrogen and oxygen atoms in total. The number of hydrogen-bond acceptors (Lipinski definition) is 3. The van der Waals surface area contributed by atoms with E-state index < -0.39 is 0 Å². The minimum atomic E-state index is -0.00384. The van der Waals surface area contributed by atoms with E-state index in [-0.39, 0.29) is 11.9 Å². The number of morpholine rings is 1. The summed E-state index contributed by atoms with van der Waals surface area (Å²) in [6.45, 7) is 4.14. The largest absolute Gasteiger partial charge is 0.377 e. The summed E-state index contributed by atoms with van der Waals surface area (Å²) in [5.41, 5.74) is 7.43. The molecule has 0 bridgehead atoms. The van der Waals surface area contributed by atoms with Crippen molar-refractivity contribution in [1.29, 1.82) is 0 Å². The SMILES string of the molecule is Cc1ccccc1C(=O)N1CCOCC1CN. The number of carbonyl (C=O) groups excluding carboxylic acids is 1. The van der Waals surface area contributed by atoms with E-state index >= 15 is 0 Å². The van der Waals surface area contributed by atoms with Crippen LogP contribution in [0.3, 0.4) is 0 Å². The molecular formula is C13H18N2O2. The first kappa shape index (κ1) is 12.1. The summed E-state index contributed by atoms with van der Waals surface area (Å²) < 4.78 is 5.35. The first-order valence-electron chi connectivity index (χ1n) is 5.88. The fourth-order valence-corrected chi connectivity index (χ4v) is 2.09. The molecule has 1 aliphatic rings. The Morgan fingerprint density at radius 2 is 2.29 bits per heavy atom. The normalized spacial score (nSPS) is 20.4. The monoisotopic (exact) mass is 234 g/mol. The number of amides is 1. The van der Waals surface area contributed by atoms with Crippen LogP contribution in [-0.4, -0.2) is 43.2 Å². The van der Waals surface area contributed by atoms with Gasteiger partial charge in [0.15, 0.2) is 0 Å². The van der Waals surface area contributed by atoms with E-state index in [9.17, 15) is 4.79 Å². The molecule has 0 saturated carbocycles. The Morgan fingerprint density at radius 1 is 1.53 bits per heavy atom. The molecule has 1 aromatic carbocycles. The number of benzene rings is 1. The van der Waals surface area contributed by atoms with Crippen molar-refractivity contribution in [3.05, 3.63) is 35.4 Å². The number of hydrogen-bond donors (Lipinski definition) is 1. The van der Waals surface area contributed by atoms with Gasteiger partial charge in [-0.1, -0.05) is 18.2 Å². The number of nitrogens with two attached hydrogens (primary N) is 1. The molecule has 2 N–H and O–H groups in total. The molecule has 0 spiro atoms. The third-order valence-electron chi connectivity index (χ3n) is 3.14. The van der Waals surface area contributed by atoms with Gasteiger partial charge in [0.2, 0.25) is 0 Å². The minimum absolute atomic E-state index is 0.00384. The lowest BCUT2D eigenvalue weighted by atomic mass is 10.1. The van der Waals surface area contributed by atoms with Crippen molar-refractivity contribution in [1.82, 2.24) is 4.90 Å². The standard InChI is InChI=1S/C13H18N2O2/c1-10-4-2-3-5-12(10)13(16)15-6-7-17-9-11(15)8-14/h2-5,11H,6-9,14H2,1H3. The van der Waals surface area contributed by atoms with E-state index in [1.165, 1.54) is 0 Å². The predicted molar refractivity (Wildman–Crippen MR) is 65.9 cm³/mol. The summed E-state index contributed by atoms with van der Waals surface area (Å²) >= 11 is 0. The van der Waals surface area contributed by atoms with Crippen LogP contribution in [0, 0.1) is 6.92 Å². The lowest BCUT2D eigenvalue weighted by molar-refractivity contribution is 0.000799. The molecule has 1 unspecified atom stereocenters. The van der Waals surface area contributed by atoms with Crippen LogP contribution in [0.5, 0.6) is 0 Å². The van der Waals surface area contributed by atoms with Gasteiger partial charge >= 0.3 is 0 Å². The fourth-order valence-electron chi connectivity index (χ4n) is 2.09. The van der Waals surface area contributed by atoms with Crippen molar-refractivity contribution in [3.8, 4) is 0 Å². The quantitative estimate of drug-likeness (QED) is 0.823. The van der Waals surface area contributed by atoms with Gasteiger partial charge < -0.3 is 15.4 Å². The predicted octanol–water partition coefficient (Wildman–Crippen LogP) is 0.795. The van der Waals surface area contributed by atoms with Crippen molar-refractivity contribution in [3.63, 3.8) is 0 Å². The summed E-state index contributed by atoms with van der Waals surface area (Å²) in [6.07, 6.45) is 0. The smallest absolute Gasteiger partial charge is 0.254 e. The van der Waals surface area contributed by atoms with E-state index in [1.54, 1.807) is 0 Å². The minimum Gasteiger partial charge on any atom is -0.377 e. The van der Waals surface area contributed by atoms with Crippen LogP contribution in [0.1, 0.15) is 15.9 Å². The molecule has 1 amide bonds. The van der Waals surface area contributed by atoms with Crippen molar-refractivity contribution in [2.45, 2.75) is 13.0 Å². The van der Waals surface area contributed by atoms with Gasteiger partial charge in [-0.15, -0.1) is 0 Å². The number of carbonyl (C=O) groups is 1. The summed E-state index contributed by atoms with van der Waals surface area (Å²) in [6, 6.07) is 7.63. The highest BCUT2D eigenvalue weighted by Crippen LogP contribution is 2.14. The average Bonchev–Trinajstić information content (AvgIpc) is 2.38. The van der Waals surface area contributed by atoms with Gasteiger partial charge in [-0.3, -0.25) is 4.79 Å². The van der Waals surface area contributed by atoms with Gasteiger partial charge in [0.1, 0.15) is 0 Å². The van der Waals surface area contributed by atoms with Gasteiger partial charge in [-0.2, -0.15) is 0 Å². The molecule has 17 heavy (non-hydrogen) atoms. The topological polar surface area (TPSA) is 55.6 Å². The molecule has 4 heteroatoms. The van der Waals surface area contributed by atoms with Crippen LogP contribution in [0.4, 0.5) is 0 Å². The first-order valence-corrected chi connectivity index (χ1v) is 5.88. The van der Waals surface area contributed by atoms with Gasteiger partial charge in [-0.25, -0.2) is 0 Å². The van der Waals surface area contributed by atoms with Crippen molar-refractivity contribution >= 4 is 5.91 Å². The molecule has 1 atom stereocenters. The summed E-state index contributed by atoms with van der Waals surface area (Å²) in [5, 5.41) is 0. The summed E-state index contributed by atoms with van der Waals surface area (Å²) in [7, 11) is 0. The zero-order valence-electron chi connectivity index (χ0n) is 10.1. The molecule has 1 heterocycles. The maximum absolute atomic E-state index is 12.4. The third-order valence-corrected chi connectivity index (χ3v) is 3.14. The van der Waals surface area contributed by atoms with E-state index in [2.05, 4.69) is 0 Å². The van der Waals surface area contributed by atoms with Gasteiger partial charge in [0.25, 0.3) is 5.91 Å². The van der Waals surface area contributed by atoms with Crippen molar-refractivity contribution in [2.75, 3.05) is 26.3 Å². The zero-order chi connectivity index (χ0) is 12.3. The van der Waals surface area contributed by atoms with Gasteiger partial charge in [0.05, 0.1) is 19.3 Å². The highest BCUT2D eigenvalue weighted by atomic mass is 16.5. The Kier molecular flexibility index (Phi) is 3.76. The Hall–Kier alpha value is -1.39. The van der Waals surface area contributed by atoms with E-state index in [0.29, 0.717) is 26.3 Å². The zero-order valence-corrected chi connectivity index (χ0v) is 10.1. The van der Waals surface area contributed by atoms with E-state index in [0.717, 1.165) is 11.1 Å². The number of nitrogens with zero attached hydrogens (tertiary/aromatic N) is 1. The van der Waals surface area contributed by atoms with Crippen molar-refractivity contribution < 1.29 is 9.53 Å². The Labute approximate surface area is 101 Å². The lowest BCUT2D eigenvalue weighted by Crippen LogP contribution is -2.52. The third kappa shape index (κ3) is 2.48. The Balaban J connectivity index is 2.21. The van der Waals surface area contributed by atoms with Crippen LogP contribution in [0.25, 0.3) is 0 Å². The molecular weight excluding hydrogens is 216 g/mol. The highest BCUT2D eigenvalue weighted by molar-refractivity contribution is 5.95. The molecule has 0 radical (unpaired) electrons.